The third kappa shape index (κ3) is 5.38. The standard InChI is InChI=1S/C29H33N3O3/c1-5-23-14-12-13-21(3)28(23)32(20-34-6-2)27(33)19-31-26-18-11-10-17-25(26)30-29(31)22(4)35-24-15-8-7-9-16-24/h7-18,22H,5-6,19-20H2,1-4H3. The fraction of sp³-hybridized carbons (Fsp3) is 0.310. The molecule has 182 valence electrons. The van der Waals surface area contributed by atoms with Crippen molar-refractivity contribution in [2.75, 3.05) is 18.2 Å². The third-order valence-corrected chi connectivity index (χ3v) is 6.09. The number of carbonyl (C=O) groups excluding carboxylic acids is 1. The van der Waals surface area contributed by atoms with E-state index in [1.54, 1.807) is 4.90 Å². The van der Waals surface area contributed by atoms with Crippen LogP contribution in [-0.4, -0.2) is 28.8 Å². The van der Waals surface area contributed by atoms with Crippen molar-refractivity contribution in [3.05, 3.63) is 89.7 Å². The summed E-state index contributed by atoms with van der Waals surface area (Å²) in [6.07, 6.45) is 0.483. The van der Waals surface area contributed by atoms with Crippen molar-refractivity contribution in [3.63, 3.8) is 0 Å². The van der Waals surface area contributed by atoms with Crippen molar-refractivity contribution in [2.45, 2.75) is 46.8 Å². The number of carbonyl (C=O) groups is 1. The van der Waals surface area contributed by atoms with Crippen molar-refractivity contribution in [1.29, 1.82) is 0 Å². The maximum absolute atomic E-state index is 13.9. The largest absolute Gasteiger partial charge is 0.483 e. The van der Waals surface area contributed by atoms with Gasteiger partial charge in [0.1, 0.15) is 19.0 Å². The van der Waals surface area contributed by atoms with E-state index in [-0.39, 0.29) is 25.3 Å². The van der Waals surface area contributed by atoms with E-state index in [2.05, 4.69) is 13.0 Å². The van der Waals surface area contributed by atoms with Gasteiger partial charge < -0.3 is 14.0 Å². The van der Waals surface area contributed by atoms with E-state index < -0.39 is 0 Å². The van der Waals surface area contributed by atoms with Gasteiger partial charge in [-0.05, 0) is 62.6 Å². The molecule has 4 rings (SSSR count). The average Bonchev–Trinajstić information content (AvgIpc) is 3.24. The molecule has 0 radical (unpaired) electrons. The molecule has 1 amide bonds. The Kier molecular flexibility index (Phi) is 7.83. The van der Waals surface area contributed by atoms with E-state index in [0.29, 0.717) is 12.4 Å². The van der Waals surface area contributed by atoms with Gasteiger partial charge in [-0.3, -0.25) is 9.69 Å². The summed E-state index contributed by atoms with van der Waals surface area (Å²) in [4.78, 5) is 20.5. The van der Waals surface area contributed by atoms with Gasteiger partial charge in [-0.15, -0.1) is 0 Å². The van der Waals surface area contributed by atoms with Crippen molar-refractivity contribution < 1.29 is 14.3 Å². The van der Waals surface area contributed by atoms with Crippen LogP contribution < -0.4 is 9.64 Å². The second-order valence-corrected chi connectivity index (χ2v) is 8.50. The molecular formula is C29H33N3O3. The Morgan fingerprint density at radius 1 is 1.00 bits per heavy atom. The summed E-state index contributed by atoms with van der Waals surface area (Å²) < 4.78 is 13.9. The number of fused-ring (bicyclic) bond motifs is 1. The summed E-state index contributed by atoms with van der Waals surface area (Å²) in [6.45, 7) is 8.89. The van der Waals surface area contributed by atoms with Crippen LogP contribution in [-0.2, 0) is 22.5 Å². The van der Waals surface area contributed by atoms with Crippen molar-refractivity contribution >= 4 is 22.6 Å². The second-order valence-electron chi connectivity index (χ2n) is 8.50. The molecule has 0 fully saturated rings. The van der Waals surface area contributed by atoms with Crippen LogP contribution in [0.15, 0.2) is 72.8 Å². The Morgan fingerprint density at radius 3 is 2.49 bits per heavy atom. The molecular weight excluding hydrogens is 438 g/mol. The molecule has 0 saturated carbocycles. The van der Waals surface area contributed by atoms with E-state index in [1.165, 1.54) is 0 Å². The molecule has 0 aliphatic heterocycles. The predicted octanol–water partition coefficient (Wildman–Crippen LogP) is 6.07. The number of para-hydroxylation sites is 4. The monoisotopic (exact) mass is 471 g/mol. The van der Waals surface area contributed by atoms with E-state index in [9.17, 15) is 4.79 Å². The van der Waals surface area contributed by atoms with Crippen LogP contribution in [0.2, 0.25) is 0 Å². The Labute approximate surface area is 207 Å². The van der Waals surface area contributed by atoms with Crippen LogP contribution in [0.3, 0.4) is 0 Å². The lowest BCUT2D eigenvalue weighted by Crippen LogP contribution is -2.37. The summed E-state index contributed by atoms with van der Waals surface area (Å²) in [7, 11) is 0. The zero-order valence-electron chi connectivity index (χ0n) is 20.9. The van der Waals surface area contributed by atoms with Gasteiger partial charge in [0.2, 0.25) is 5.91 Å². The molecule has 1 unspecified atom stereocenters. The van der Waals surface area contributed by atoms with Gasteiger partial charge in [0.15, 0.2) is 11.9 Å². The third-order valence-electron chi connectivity index (χ3n) is 6.09. The van der Waals surface area contributed by atoms with Crippen LogP contribution in [0.5, 0.6) is 5.75 Å². The molecule has 3 aromatic carbocycles. The molecule has 0 aliphatic rings. The van der Waals surface area contributed by atoms with E-state index in [4.69, 9.17) is 14.5 Å². The molecule has 0 bridgehead atoms. The second kappa shape index (κ2) is 11.2. The van der Waals surface area contributed by atoms with Crippen LogP contribution in [0.1, 0.15) is 43.8 Å². The highest BCUT2D eigenvalue weighted by Crippen LogP contribution is 2.29. The fourth-order valence-electron chi connectivity index (χ4n) is 4.38. The van der Waals surface area contributed by atoms with Crippen LogP contribution in [0.25, 0.3) is 11.0 Å². The number of hydrogen-bond acceptors (Lipinski definition) is 4. The van der Waals surface area contributed by atoms with Gasteiger partial charge in [0, 0.05) is 6.61 Å². The number of benzene rings is 3. The Balaban J connectivity index is 1.71. The number of ether oxygens (including phenoxy) is 2. The van der Waals surface area contributed by atoms with Crippen molar-refractivity contribution in [1.82, 2.24) is 9.55 Å². The number of aryl methyl sites for hydroxylation is 2. The van der Waals surface area contributed by atoms with Gasteiger partial charge in [0.25, 0.3) is 0 Å². The van der Waals surface area contributed by atoms with Gasteiger partial charge in [-0.25, -0.2) is 4.98 Å². The molecule has 4 aromatic rings. The van der Waals surface area contributed by atoms with Gasteiger partial charge in [-0.2, -0.15) is 0 Å². The number of imidazole rings is 1. The maximum atomic E-state index is 13.9. The summed E-state index contributed by atoms with van der Waals surface area (Å²) in [5.41, 5.74) is 4.83. The molecule has 0 saturated heterocycles. The number of hydrogen-bond donors (Lipinski definition) is 0. The first-order chi connectivity index (χ1) is 17.0. The summed E-state index contributed by atoms with van der Waals surface area (Å²) in [5, 5.41) is 0. The quantitative estimate of drug-likeness (QED) is 0.263. The van der Waals surface area contributed by atoms with Crippen molar-refractivity contribution in [3.8, 4) is 5.75 Å². The highest BCUT2D eigenvalue weighted by molar-refractivity contribution is 5.95. The first-order valence-corrected chi connectivity index (χ1v) is 12.2. The fourth-order valence-corrected chi connectivity index (χ4v) is 4.38. The molecule has 0 aliphatic carbocycles. The van der Waals surface area contributed by atoms with E-state index >= 15 is 0 Å². The first kappa shape index (κ1) is 24.5. The zero-order chi connectivity index (χ0) is 24.8. The lowest BCUT2D eigenvalue weighted by molar-refractivity contribution is -0.120. The topological polar surface area (TPSA) is 56.6 Å². The molecule has 1 atom stereocenters. The Hall–Kier alpha value is -3.64. The SMILES string of the molecule is CCOCN(C(=O)Cn1c(C(C)Oc2ccccc2)nc2ccccc21)c1c(C)cccc1CC. The molecule has 0 spiro atoms. The van der Waals surface area contributed by atoms with E-state index in [0.717, 1.165) is 40.0 Å². The normalized spacial score (nSPS) is 12.0. The van der Waals surface area contributed by atoms with Gasteiger partial charge in [-0.1, -0.05) is 55.5 Å². The first-order valence-electron chi connectivity index (χ1n) is 12.2. The Morgan fingerprint density at radius 2 is 1.74 bits per heavy atom. The Bertz CT molecular complexity index is 1280. The number of nitrogens with zero attached hydrogens (tertiary/aromatic N) is 3. The summed E-state index contributed by atoms with van der Waals surface area (Å²) in [6, 6.07) is 23.7. The number of anilines is 1. The van der Waals surface area contributed by atoms with Crippen LogP contribution in [0, 0.1) is 6.92 Å². The molecule has 35 heavy (non-hydrogen) atoms. The summed E-state index contributed by atoms with van der Waals surface area (Å²) >= 11 is 0. The molecule has 6 heteroatoms. The zero-order valence-corrected chi connectivity index (χ0v) is 20.9. The molecule has 0 N–H and O–H groups in total. The minimum atomic E-state index is -0.345. The highest BCUT2D eigenvalue weighted by atomic mass is 16.5. The predicted molar refractivity (Wildman–Crippen MR) is 140 cm³/mol. The average molecular weight is 472 g/mol. The van der Waals surface area contributed by atoms with Crippen LogP contribution in [0.4, 0.5) is 5.69 Å². The number of aromatic nitrogens is 2. The highest BCUT2D eigenvalue weighted by Gasteiger charge is 2.25. The summed E-state index contributed by atoms with van der Waals surface area (Å²) in [5.74, 6) is 1.41. The smallest absolute Gasteiger partial charge is 0.248 e. The molecule has 1 aromatic heterocycles. The van der Waals surface area contributed by atoms with E-state index in [1.807, 2.05) is 92.1 Å². The number of rotatable bonds is 10. The lowest BCUT2D eigenvalue weighted by atomic mass is 10.0. The van der Waals surface area contributed by atoms with Crippen LogP contribution >= 0.6 is 0 Å². The van der Waals surface area contributed by atoms with Crippen molar-refractivity contribution in [2.24, 2.45) is 0 Å². The maximum Gasteiger partial charge on any atom is 0.248 e. The minimum Gasteiger partial charge on any atom is -0.483 e. The van der Waals surface area contributed by atoms with Gasteiger partial charge in [0.05, 0.1) is 16.7 Å². The minimum absolute atomic E-state index is 0.0567. The van der Waals surface area contributed by atoms with Gasteiger partial charge >= 0.3 is 0 Å². The molecule has 1 heterocycles. The number of amides is 1. The molecule has 6 nitrogen and oxygen atoms in total. The lowest BCUT2D eigenvalue weighted by Gasteiger charge is -2.27.